The van der Waals surface area contributed by atoms with Gasteiger partial charge in [0.05, 0.1) is 4.90 Å². The summed E-state index contributed by atoms with van der Waals surface area (Å²) in [6.45, 7) is 5.90. The van der Waals surface area contributed by atoms with Gasteiger partial charge in [-0.25, -0.2) is 8.42 Å². The highest BCUT2D eigenvalue weighted by atomic mass is 32.2. The first-order valence-corrected chi connectivity index (χ1v) is 9.23. The Morgan fingerprint density at radius 1 is 1.24 bits per heavy atom. The lowest BCUT2D eigenvalue weighted by Gasteiger charge is -2.21. The quantitative estimate of drug-likeness (QED) is 0.802. The maximum Gasteiger partial charge on any atom is 0.243 e. The lowest BCUT2D eigenvalue weighted by molar-refractivity contribution is 0.412. The van der Waals surface area contributed by atoms with Crippen molar-refractivity contribution in [1.29, 1.82) is 0 Å². The maximum atomic E-state index is 12.8. The summed E-state index contributed by atoms with van der Waals surface area (Å²) in [7, 11) is -1.49. The molecular weight excluding hydrogens is 284 g/mol. The number of sulfonamides is 1. The average Bonchev–Trinajstić information content (AvgIpc) is 3.28. The molecule has 5 heteroatoms. The number of benzene rings is 1. The monoisotopic (exact) mass is 310 g/mol. The van der Waals surface area contributed by atoms with Crippen molar-refractivity contribution in [2.24, 2.45) is 5.92 Å². The van der Waals surface area contributed by atoms with E-state index in [1.165, 1.54) is 5.56 Å². The van der Waals surface area contributed by atoms with Crippen molar-refractivity contribution in [2.45, 2.75) is 44.6 Å². The van der Waals surface area contributed by atoms with Crippen LogP contribution in [0.2, 0.25) is 0 Å². The highest BCUT2D eigenvalue weighted by Gasteiger charge is 2.30. The molecule has 0 bridgehead atoms. The van der Waals surface area contributed by atoms with Crippen molar-refractivity contribution >= 4 is 10.0 Å². The number of nitrogens with zero attached hydrogens (tertiary/aromatic N) is 1. The van der Waals surface area contributed by atoms with Gasteiger partial charge in [-0.15, -0.1) is 0 Å². The molecule has 1 fully saturated rings. The van der Waals surface area contributed by atoms with Crippen molar-refractivity contribution in [1.82, 2.24) is 9.62 Å². The second kappa shape index (κ2) is 6.90. The molecule has 0 radical (unpaired) electrons. The van der Waals surface area contributed by atoms with Gasteiger partial charge in [0.2, 0.25) is 10.0 Å². The summed E-state index contributed by atoms with van der Waals surface area (Å²) in [5, 5.41) is 3.11. The van der Waals surface area contributed by atoms with Crippen LogP contribution in [-0.4, -0.2) is 32.9 Å². The Balaban J connectivity index is 2.31. The normalized spacial score (nSPS) is 15.6. The number of hydrogen-bond donors (Lipinski definition) is 1. The lowest BCUT2D eigenvalue weighted by atomic mass is 10.1. The highest BCUT2D eigenvalue weighted by Crippen LogP contribution is 2.31. The summed E-state index contributed by atoms with van der Waals surface area (Å²) < 4.78 is 27.2. The SMILES string of the molecule is CCc1ccc(S(=O)(=O)N(CC)CC2CC2)cc1CNC. The Morgan fingerprint density at radius 3 is 2.48 bits per heavy atom. The van der Waals surface area contributed by atoms with E-state index in [1.54, 1.807) is 10.4 Å². The van der Waals surface area contributed by atoms with E-state index in [9.17, 15) is 8.42 Å². The Hall–Kier alpha value is -0.910. The van der Waals surface area contributed by atoms with Crippen LogP contribution in [0, 0.1) is 5.92 Å². The molecule has 0 amide bonds. The zero-order chi connectivity index (χ0) is 15.5. The number of aryl methyl sites for hydroxylation is 1. The van der Waals surface area contributed by atoms with Gasteiger partial charge < -0.3 is 5.32 Å². The minimum Gasteiger partial charge on any atom is -0.316 e. The molecule has 118 valence electrons. The van der Waals surface area contributed by atoms with Crippen molar-refractivity contribution in [3.63, 3.8) is 0 Å². The molecule has 1 aliphatic carbocycles. The third kappa shape index (κ3) is 3.84. The third-order valence-electron chi connectivity index (χ3n) is 4.08. The van der Waals surface area contributed by atoms with Gasteiger partial charge in [-0.05, 0) is 55.5 Å². The molecule has 0 heterocycles. The minimum atomic E-state index is -3.37. The molecule has 1 saturated carbocycles. The van der Waals surface area contributed by atoms with Crippen LogP contribution in [0.3, 0.4) is 0 Å². The summed E-state index contributed by atoms with van der Waals surface area (Å²) >= 11 is 0. The first-order valence-electron chi connectivity index (χ1n) is 7.79. The van der Waals surface area contributed by atoms with Gasteiger partial charge in [0, 0.05) is 19.6 Å². The van der Waals surface area contributed by atoms with E-state index < -0.39 is 10.0 Å². The summed E-state index contributed by atoms with van der Waals surface area (Å²) in [4.78, 5) is 0.424. The summed E-state index contributed by atoms with van der Waals surface area (Å²) in [6.07, 6.45) is 3.23. The third-order valence-corrected chi connectivity index (χ3v) is 6.01. The van der Waals surface area contributed by atoms with Crippen LogP contribution in [0.5, 0.6) is 0 Å². The molecule has 2 rings (SSSR count). The summed E-state index contributed by atoms with van der Waals surface area (Å²) in [5.41, 5.74) is 2.28. The topological polar surface area (TPSA) is 49.4 Å². The zero-order valence-corrected chi connectivity index (χ0v) is 14.0. The van der Waals surface area contributed by atoms with E-state index >= 15 is 0 Å². The molecular formula is C16H26N2O2S. The van der Waals surface area contributed by atoms with Gasteiger partial charge in [-0.2, -0.15) is 4.31 Å². The van der Waals surface area contributed by atoms with Gasteiger partial charge in [0.25, 0.3) is 0 Å². The smallest absolute Gasteiger partial charge is 0.243 e. The van der Waals surface area contributed by atoms with Gasteiger partial charge in [0.15, 0.2) is 0 Å². The Morgan fingerprint density at radius 2 is 1.95 bits per heavy atom. The van der Waals surface area contributed by atoms with E-state index in [0.29, 0.717) is 30.4 Å². The van der Waals surface area contributed by atoms with Crippen molar-refractivity contribution in [2.75, 3.05) is 20.1 Å². The predicted molar refractivity (Wildman–Crippen MR) is 85.7 cm³/mol. The lowest BCUT2D eigenvalue weighted by Crippen LogP contribution is -2.33. The van der Waals surface area contributed by atoms with Gasteiger partial charge in [-0.1, -0.05) is 19.9 Å². The second-order valence-corrected chi connectivity index (χ2v) is 7.65. The summed E-state index contributed by atoms with van der Waals surface area (Å²) in [5.74, 6) is 0.561. The average molecular weight is 310 g/mol. The minimum absolute atomic E-state index is 0.424. The second-order valence-electron chi connectivity index (χ2n) is 5.71. The van der Waals surface area contributed by atoms with E-state index in [0.717, 1.165) is 24.8 Å². The Kier molecular flexibility index (Phi) is 5.41. The first kappa shape index (κ1) is 16.5. The van der Waals surface area contributed by atoms with Crippen molar-refractivity contribution < 1.29 is 8.42 Å². The highest BCUT2D eigenvalue weighted by molar-refractivity contribution is 7.89. The van der Waals surface area contributed by atoms with E-state index in [1.807, 2.05) is 26.1 Å². The summed E-state index contributed by atoms with van der Waals surface area (Å²) in [6, 6.07) is 5.54. The van der Waals surface area contributed by atoms with Crippen molar-refractivity contribution in [3.8, 4) is 0 Å². The van der Waals surface area contributed by atoms with Gasteiger partial charge >= 0.3 is 0 Å². The van der Waals surface area contributed by atoms with Crippen molar-refractivity contribution in [3.05, 3.63) is 29.3 Å². The molecule has 0 spiro atoms. The fraction of sp³-hybridized carbons (Fsp3) is 0.625. The maximum absolute atomic E-state index is 12.8. The van der Waals surface area contributed by atoms with Crippen LogP contribution >= 0.6 is 0 Å². The fourth-order valence-electron chi connectivity index (χ4n) is 2.60. The van der Waals surface area contributed by atoms with Gasteiger partial charge in [0.1, 0.15) is 0 Å². The van der Waals surface area contributed by atoms with Gasteiger partial charge in [-0.3, -0.25) is 0 Å². The largest absolute Gasteiger partial charge is 0.316 e. The molecule has 0 atom stereocenters. The number of nitrogens with one attached hydrogen (secondary N) is 1. The molecule has 0 aromatic heterocycles. The zero-order valence-electron chi connectivity index (χ0n) is 13.2. The van der Waals surface area contributed by atoms with E-state index in [4.69, 9.17) is 0 Å². The molecule has 0 unspecified atom stereocenters. The predicted octanol–water partition coefficient (Wildman–Crippen LogP) is 2.39. The molecule has 1 N–H and O–H groups in total. The molecule has 0 saturated heterocycles. The molecule has 1 aliphatic rings. The van der Waals surface area contributed by atoms with Crippen LogP contribution in [-0.2, 0) is 23.0 Å². The molecule has 1 aromatic rings. The standard InChI is InChI=1S/C16H26N2O2S/c1-4-14-8-9-16(10-15(14)11-17-3)21(19,20)18(5-2)12-13-6-7-13/h8-10,13,17H,4-7,11-12H2,1-3H3. The Labute approximate surface area is 128 Å². The van der Waals surface area contributed by atoms with Crippen LogP contribution in [0.4, 0.5) is 0 Å². The number of rotatable bonds is 8. The number of hydrogen-bond acceptors (Lipinski definition) is 3. The van der Waals surface area contributed by atoms with Crippen LogP contribution < -0.4 is 5.32 Å². The molecule has 1 aromatic carbocycles. The molecule has 21 heavy (non-hydrogen) atoms. The van der Waals surface area contributed by atoms with E-state index in [-0.39, 0.29) is 0 Å². The van der Waals surface area contributed by atoms with Crippen LogP contribution in [0.15, 0.2) is 23.1 Å². The first-order chi connectivity index (χ1) is 10.0. The van der Waals surface area contributed by atoms with Crippen LogP contribution in [0.25, 0.3) is 0 Å². The fourth-order valence-corrected chi connectivity index (χ4v) is 4.17. The van der Waals surface area contributed by atoms with E-state index in [2.05, 4.69) is 12.2 Å². The van der Waals surface area contributed by atoms with Crippen LogP contribution in [0.1, 0.15) is 37.8 Å². The molecule has 0 aliphatic heterocycles. The molecule has 4 nitrogen and oxygen atoms in total. The Bertz CT molecular complexity index is 580.